The lowest BCUT2D eigenvalue weighted by Crippen LogP contribution is -2.35. The Kier molecular flexibility index (Phi) is 7.35. The summed E-state index contributed by atoms with van der Waals surface area (Å²) in [6.45, 7) is 7.70. The number of anilines is 1. The smallest absolute Gasteiger partial charge is 0.261 e. The Balaban J connectivity index is 1.34. The van der Waals surface area contributed by atoms with Crippen molar-refractivity contribution in [3.8, 4) is 11.3 Å². The number of ether oxygens (including phenoxy) is 1. The third kappa shape index (κ3) is 5.49. The van der Waals surface area contributed by atoms with E-state index in [4.69, 9.17) is 9.72 Å². The Labute approximate surface area is 238 Å². The number of carbonyl (C=O) groups is 1. The number of aliphatic hydroxyl groups is 1. The average molecular weight is 562 g/mol. The molecule has 0 spiro atoms. The Hall–Kier alpha value is -3.67. The van der Waals surface area contributed by atoms with Crippen LogP contribution in [0, 0.1) is 12.7 Å². The number of pyridine rings is 1. The second-order valence-corrected chi connectivity index (χ2v) is 11.5. The molecule has 1 saturated heterocycles. The maximum absolute atomic E-state index is 15.7. The van der Waals surface area contributed by atoms with Gasteiger partial charge in [-0.2, -0.15) is 5.10 Å². The fourth-order valence-electron chi connectivity index (χ4n) is 5.91. The van der Waals surface area contributed by atoms with Crippen LogP contribution in [0.25, 0.3) is 22.3 Å². The molecule has 10 nitrogen and oxygen atoms in total. The largest absolute Gasteiger partial charge is 0.390 e. The molecule has 4 heterocycles. The molecule has 1 aromatic carbocycles. The Morgan fingerprint density at radius 1 is 1.22 bits per heavy atom. The van der Waals surface area contributed by atoms with Crippen LogP contribution >= 0.6 is 0 Å². The van der Waals surface area contributed by atoms with E-state index in [1.807, 2.05) is 18.4 Å². The highest BCUT2D eigenvalue weighted by atomic mass is 19.1. The van der Waals surface area contributed by atoms with Crippen molar-refractivity contribution in [1.82, 2.24) is 29.2 Å². The Morgan fingerprint density at radius 3 is 2.68 bits per heavy atom. The molecule has 3 aromatic heterocycles. The molecular weight excluding hydrogens is 525 g/mol. The van der Waals surface area contributed by atoms with Gasteiger partial charge in [0, 0.05) is 50.2 Å². The predicted molar refractivity (Wildman–Crippen MR) is 153 cm³/mol. The minimum absolute atomic E-state index is 0.0384. The number of fused-ring (bicyclic) bond motifs is 1. The highest BCUT2D eigenvalue weighted by molar-refractivity contribution is 6.05. The maximum atomic E-state index is 15.7. The van der Waals surface area contributed by atoms with Crippen molar-refractivity contribution in [1.29, 1.82) is 0 Å². The fraction of sp³-hybridized carbons (Fsp3) is 0.467. The first-order valence-corrected chi connectivity index (χ1v) is 14.2. The molecule has 1 aliphatic heterocycles. The molecule has 0 bridgehead atoms. The lowest BCUT2D eigenvalue weighted by Gasteiger charge is -2.34. The molecule has 1 amide bonds. The lowest BCUT2D eigenvalue weighted by molar-refractivity contribution is 0.0106. The molecular formula is C30H36FN7O3. The van der Waals surface area contributed by atoms with Crippen molar-refractivity contribution in [2.45, 2.75) is 57.7 Å². The van der Waals surface area contributed by atoms with Gasteiger partial charge >= 0.3 is 0 Å². The van der Waals surface area contributed by atoms with Crippen LogP contribution in [0.1, 0.15) is 60.3 Å². The summed E-state index contributed by atoms with van der Waals surface area (Å²) in [5.74, 6) is -0.929. The second-order valence-electron chi connectivity index (χ2n) is 11.5. The molecule has 1 saturated carbocycles. The van der Waals surface area contributed by atoms with E-state index >= 15 is 4.39 Å². The van der Waals surface area contributed by atoms with Crippen molar-refractivity contribution in [2.75, 3.05) is 31.6 Å². The summed E-state index contributed by atoms with van der Waals surface area (Å²) in [5.41, 5.74) is 3.35. The zero-order valence-corrected chi connectivity index (χ0v) is 23.7. The normalized spacial score (nSPS) is 21.8. The highest BCUT2D eigenvalue weighted by Crippen LogP contribution is 2.38. The first-order valence-electron chi connectivity index (χ1n) is 14.2. The number of carbonyl (C=O) groups excluding carboxylic acids is 1. The SMILES string of the molecule is Cc1c(-c2nccc(C(=O)Nc3nc4cc(CN5CCOCC5)ccc4n3[C@H]3CC[C@@](C)(O)CC3)c2F)cnn1C. The molecule has 11 heteroatoms. The first kappa shape index (κ1) is 27.5. The standard InChI is InChI=1S/C30H36FN7O3/c1-19-23(17-33-36(19)3)27-26(31)22(8-11-32-27)28(39)35-29-34-24-16-20(18-37-12-14-41-15-13-37)4-5-25(24)38(29)21-6-9-30(2,40)10-7-21/h4-5,8,11,16-17,21,40H,6-7,9-10,12-15,18H2,1-3H3,(H,34,35,39)/t21-,30+. The third-order valence-corrected chi connectivity index (χ3v) is 8.51. The molecule has 2 aliphatic rings. The van der Waals surface area contributed by atoms with E-state index in [9.17, 15) is 9.90 Å². The van der Waals surface area contributed by atoms with Crippen LogP contribution in [0.15, 0.2) is 36.7 Å². The molecule has 216 valence electrons. The fourth-order valence-corrected chi connectivity index (χ4v) is 5.91. The number of nitrogens with zero attached hydrogens (tertiary/aromatic N) is 6. The van der Waals surface area contributed by atoms with Crippen molar-refractivity contribution >= 4 is 22.9 Å². The number of aryl methyl sites for hydroxylation is 1. The van der Waals surface area contributed by atoms with Crippen LogP contribution in [0.5, 0.6) is 0 Å². The number of hydrogen-bond donors (Lipinski definition) is 2. The molecule has 1 aliphatic carbocycles. The summed E-state index contributed by atoms with van der Waals surface area (Å²) in [4.78, 5) is 24.9. The van der Waals surface area contributed by atoms with E-state index in [2.05, 4.69) is 38.5 Å². The van der Waals surface area contributed by atoms with Crippen LogP contribution in [-0.4, -0.2) is 72.1 Å². The number of hydrogen-bond acceptors (Lipinski definition) is 7. The summed E-state index contributed by atoms with van der Waals surface area (Å²) in [6.07, 6.45) is 5.76. The molecule has 2 N–H and O–H groups in total. The molecule has 4 aromatic rings. The molecule has 41 heavy (non-hydrogen) atoms. The van der Waals surface area contributed by atoms with Gasteiger partial charge in [0.25, 0.3) is 5.91 Å². The van der Waals surface area contributed by atoms with Gasteiger partial charge in [0.1, 0.15) is 5.69 Å². The van der Waals surface area contributed by atoms with Gasteiger partial charge in [0.05, 0.1) is 41.6 Å². The van der Waals surface area contributed by atoms with Crippen LogP contribution in [0.2, 0.25) is 0 Å². The number of morpholine rings is 1. The van der Waals surface area contributed by atoms with Crippen LogP contribution in [0.4, 0.5) is 10.3 Å². The van der Waals surface area contributed by atoms with Gasteiger partial charge in [0.2, 0.25) is 5.95 Å². The molecule has 0 radical (unpaired) electrons. The van der Waals surface area contributed by atoms with Gasteiger partial charge in [-0.05, 0) is 63.3 Å². The quantitative estimate of drug-likeness (QED) is 0.363. The minimum atomic E-state index is -0.706. The first-order chi connectivity index (χ1) is 19.7. The molecule has 0 atom stereocenters. The molecule has 6 rings (SSSR count). The highest BCUT2D eigenvalue weighted by Gasteiger charge is 2.32. The van der Waals surface area contributed by atoms with Crippen molar-refractivity contribution in [3.05, 3.63) is 59.3 Å². The number of imidazole rings is 1. The van der Waals surface area contributed by atoms with Gasteiger partial charge in [-0.25, -0.2) is 9.37 Å². The van der Waals surface area contributed by atoms with Gasteiger partial charge in [0.15, 0.2) is 5.82 Å². The van der Waals surface area contributed by atoms with E-state index in [-0.39, 0.29) is 17.3 Å². The maximum Gasteiger partial charge on any atom is 0.261 e. The van der Waals surface area contributed by atoms with Gasteiger partial charge < -0.3 is 14.4 Å². The molecule has 0 unspecified atom stereocenters. The summed E-state index contributed by atoms with van der Waals surface area (Å²) < 4.78 is 24.9. The Bertz CT molecular complexity index is 1580. The Morgan fingerprint density at radius 2 is 1.98 bits per heavy atom. The second kappa shape index (κ2) is 11.0. The number of halogens is 1. The predicted octanol–water partition coefficient (Wildman–Crippen LogP) is 4.23. The van der Waals surface area contributed by atoms with E-state index in [1.165, 1.54) is 12.3 Å². The van der Waals surface area contributed by atoms with Gasteiger partial charge in [-0.1, -0.05) is 6.07 Å². The van der Waals surface area contributed by atoms with Crippen molar-refractivity contribution in [2.24, 2.45) is 7.05 Å². The van der Waals surface area contributed by atoms with E-state index < -0.39 is 17.3 Å². The monoisotopic (exact) mass is 561 g/mol. The lowest BCUT2D eigenvalue weighted by atomic mass is 9.83. The summed E-state index contributed by atoms with van der Waals surface area (Å²) in [7, 11) is 1.77. The van der Waals surface area contributed by atoms with Crippen LogP contribution in [0.3, 0.4) is 0 Å². The van der Waals surface area contributed by atoms with Crippen molar-refractivity contribution in [3.63, 3.8) is 0 Å². The average Bonchev–Trinajstić information content (AvgIpc) is 3.47. The summed E-state index contributed by atoms with van der Waals surface area (Å²) in [6, 6.07) is 7.64. The molecule has 2 fully saturated rings. The van der Waals surface area contributed by atoms with E-state index in [1.54, 1.807) is 17.9 Å². The number of amides is 1. The van der Waals surface area contributed by atoms with E-state index in [0.29, 0.717) is 24.4 Å². The number of aromatic nitrogens is 5. The summed E-state index contributed by atoms with van der Waals surface area (Å²) >= 11 is 0. The van der Waals surface area contributed by atoms with Crippen LogP contribution < -0.4 is 5.32 Å². The van der Waals surface area contributed by atoms with Crippen LogP contribution in [-0.2, 0) is 18.3 Å². The zero-order chi connectivity index (χ0) is 28.7. The number of nitrogens with one attached hydrogen (secondary N) is 1. The number of benzene rings is 1. The van der Waals surface area contributed by atoms with Gasteiger partial charge in [-0.15, -0.1) is 0 Å². The van der Waals surface area contributed by atoms with E-state index in [0.717, 1.165) is 68.0 Å². The van der Waals surface area contributed by atoms with Gasteiger partial charge in [-0.3, -0.25) is 24.7 Å². The topological polar surface area (TPSA) is 110 Å². The minimum Gasteiger partial charge on any atom is -0.390 e. The zero-order valence-electron chi connectivity index (χ0n) is 23.7. The third-order valence-electron chi connectivity index (χ3n) is 8.51. The van der Waals surface area contributed by atoms with Crippen molar-refractivity contribution < 1.29 is 19.0 Å². The summed E-state index contributed by atoms with van der Waals surface area (Å²) in [5, 5.41) is 17.7. The number of rotatable bonds is 6.